The maximum absolute atomic E-state index is 10.3. The van der Waals surface area contributed by atoms with Crippen LogP contribution >= 0.6 is 0 Å². The highest BCUT2D eigenvalue weighted by Crippen LogP contribution is 2.14. The van der Waals surface area contributed by atoms with Crippen molar-refractivity contribution in [1.82, 2.24) is 0 Å². The van der Waals surface area contributed by atoms with Gasteiger partial charge in [0.2, 0.25) is 0 Å². The van der Waals surface area contributed by atoms with Gasteiger partial charge >= 0.3 is 0 Å². The standard InChI is InChI=1S/C19H30O3/c20-15-7-5-3-1-2-4-6-8-17-22-19-13-11-18(12-14-19)10-9-16-21/h11-14,16,20H,1-10,15,17H2. The predicted octanol–water partition coefficient (Wildman–Crippen LogP) is 4.31. The number of hydrogen-bond acceptors (Lipinski definition) is 3. The summed E-state index contributed by atoms with van der Waals surface area (Å²) < 4.78 is 5.73. The SMILES string of the molecule is O=CCCc1ccc(OCCCCCCCCCCO)cc1. The van der Waals surface area contributed by atoms with Crippen molar-refractivity contribution in [3.8, 4) is 5.75 Å². The van der Waals surface area contributed by atoms with E-state index in [0.717, 1.165) is 44.3 Å². The maximum atomic E-state index is 10.3. The first-order valence-electron chi connectivity index (χ1n) is 8.63. The van der Waals surface area contributed by atoms with E-state index in [1.807, 2.05) is 24.3 Å². The summed E-state index contributed by atoms with van der Waals surface area (Å²) in [4.78, 5) is 10.3. The Balaban J connectivity index is 1.97. The highest BCUT2D eigenvalue weighted by Gasteiger charge is 1.97. The van der Waals surface area contributed by atoms with Gasteiger partial charge in [0.25, 0.3) is 0 Å². The molecule has 0 aliphatic rings. The number of aryl methyl sites for hydroxylation is 1. The molecule has 3 heteroatoms. The Morgan fingerprint density at radius 3 is 2.05 bits per heavy atom. The Labute approximate surface area is 134 Å². The van der Waals surface area contributed by atoms with Gasteiger partial charge in [0.05, 0.1) is 6.61 Å². The normalized spacial score (nSPS) is 10.6. The van der Waals surface area contributed by atoms with Crippen LogP contribution in [0, 0.1) is 0 Å². The van der Waals surface area contributed by atoms with Crippen LogP contribution in [0.4, 0.5) is 0 Å². The minimum absolute atomic E-state index is 0.329. The zero-order valence-corrected chi connectivity index (χ0v) is 13.6. The molecule has 1 aromatic rings. The van der Waals surface area contributed by atoms with Gasteiger partial charge in [-0.05, 0) is 37.0 Å². The highest BCUT2D eigenvalue weighted by molar-refractivity contribution is 5.50. The lowest BCUT2D eigenvalue weighted by atomic mass is 10.1. The number of hydrogen-bond donors (Lipinski definition) is 1. The lowest BCUT2D eigenvalue weighted by molar-refractivity contribution is -0.107. The first-order chi connectivity index (χ1) is 10.9. The van der Waals surface area contributed by atoms with Crippen LogP contribution in [0.15, 0.2) is 24.3 Å². The van der Waals surface area contributed by atoms with Crippen LogP contribution in [0.1, 0.15) is 63.4 Å². The molecule has 0 fully saturated rings. The average Bonchev–Trinajstić information content (AvgIpc) is 2.56. The fourth-order valence-electron chi connectivity index (χ4n) is 2.44. The smallest absolute Gasteiger partial charge is 0.120 e. The zero-order valence-electron chi connectivity index (χ0n) is 13.6. The van der Waals surface area contributed by atoms with Gasteiger partial charge in [-0.25, -0.2) is 0 Å². The molecule has 124 valence electrons. The van der Waals surface area contributed by atoms with Crippen molar-refractivity contribution in [2.75, 3.05) is 13.2 Å². The van der Waals surface area contributed by atoms with Gasteiger partial charge in [-0.3, -0.25) is 0 Å². The monoisotopic (exact) mass is 306 g/mol. The van der Waals surface area contributed by atoms with Gasteiger partial charge in [-0.1, -0.05) is 50.7 Å². The van der Waals surface area contributed by atoms with E-state index in [4.69, 9.17) is 9.84 Å². The number of aliphatic hydroxyl groups is 1. The minimum Gasteiger partial charge on any atom is -0.494 e. The number of carbonyl (C=O) groups excluding carboxylic acids is 1. The number of aldehydes is 1. The molecule has 3 nitrogen and oxygen atoms in total. The van der Waals surface area contributed by atoms with Crippen LogP contribution in [0.25, 0.3) is 0 Å². The first kappa shape index (κ1) is 18.7. The van der Waals surface area contributed by atoms with Crippen molar-refractivity contribution in [2.24, 2.45) is 0 Å². The largest absolute Gasteiger partial charge is 0.494 e. The van der Waals surface area contributed by atoms with Gasteiger partial charge in [0, 0.05) is 13.0 Å². The molecule has 0 heterocycles. The lowest BCUT2D eigenvalue weighted by Crippen LogP contribution is -1.97. The van der Waals surface area contributed by atoms with Gasteiger partial charge in [-0.15, -0.1) is 0 Å². The van der Waals surface area contributed by atoms with Gasteiger partial charge < -0.3 is 14.6 Å². The molecule has 0 amide bonds. The van der Waals surface area contributed by atoms with E-state index in [9.17, 15) is 4.79 Å². The average molecular weight is 306 g/mol. The first-order valence-corrected chi connectivity index (χ1v) is 8.63. The van der Waals surface area contributed by atoms with Crippen molar-refractivity contribution in [3.05, 3.63) is 29.8 Å². The van der Waals surface area contributed by atoms with E-state index in [1.54, 1.807) is 0 Å². The van der Waals surface area contributed by atoms with E-state index in [1.165, 1.54) is 37.7 Å². The summed E-state index contributed by atoms with van der Waals surface area (Å²) in [5, 5.41) is 8.69. The molecule has 0 aliphatic heterocycles. The summed E-state index contributed by atoms with van der Waals surface area (Å²) >= 11 is 0. The van der Waals surface area contributed by atoms with Crippen LogP contribution in [-0.4, -0.2) is 24.6 Å². The molecule has 0 spiro atoms. The Kier molecular flexibility index (Phi) is 11.3. The number of aliphatic hydroxyl groups excluding tert-OH is 1. The summed E-state index contributed by atoms with van der Waals surface area (Å²) in [5.41, 5.74) is 1.18. The third-order valence-electron chi connectivity index (χ3n) is 3.80. The van der Waals surface area contributed by atoms with E-state index in [-0.39, 0.29) is 0 Å². The number of unbranched alkanes of at least 4 members (excludes halogenated alkanes) is 7. The number of rotatable bonds is 14. The highest BCUT2D eigenvalue weighted by atomic mass is 16.5. The lowest BCUT2D eigenvalue weighted by Gasteiger charge is -2.07. The number of ether oxygens (including phenoxy) is 1. The van der Waals surface area contributed by atoms with Crippen LogP contribution in [0.3, 0.4) is 0 Å². The second kappa shape index (κ2) is 13.3. The molecule has 1 aromatic carbocycles. The third-order valence-corrected chi connectivity index (χ3v) is 3.80. The fraction of sp³-hybridized carbons (Fsp3) is 0.632. The molecule has 0 aliphatic carbocycles. The molecule has 22 heavy (non-hydrogen) atoms. The van der Waals surface area contributed by atoms with E-state index in [2.05, 4.69) is 0 Å². The van der Waals surface area contributed by atoms with Gasteiger partial charge in [0.1, 0.15) is 12.0 Å². The molecule has 0 atom stereocenters. The Hall–Kier alpha value is -1.35. The summed E-state index contributed by atoms with van der Waals surface area (Å²) in [5.74, 6) is 0.916. The van der Waals surface area contributed by atoms with E-state index in [0.29, 0.717) is 13.0 Å². The molecule has 0 unspecified atom stereocenters. The van der Waals surface area contributed by atoms with Crippen LogP contribution in [-0.2, 0) is 11.2 Å². The molecule has 0 radical (unpaired) electrons. The Morgan fingerprint density at radius 1 is 0.864 bits per heavy atom. The summed E-state index contributed by atoms with van der Waals surface area (Å²) in [6.07, 6.45) is 11.9. The molecule has 0 saturated carbocycles. The van der Waals surface area contributed by atoms with Crippen LogP contribution in [0.2, 0.25) is 0 Å². The quantitative estimate of drug-likeness (QED) is 0.411. The second-order valence-corrected chi connectivity index (χ2v) is 5.75. The molecule has 0 aromatic heterocycles. The van der Waals surface area contributed by atoms with Crippen LogP contribution in [0.5, 0.6) is 5.75 Å². The number of benzene rings is 1. The maximum Gasteiger partial charge on any atom is 0.120 e. The molecule has 1 N–H and O–H groups in total. The summed E-state index contributed by atoms with van der Waals surface area (Å²) in [6.45, 7) is 1.10. The minimum atomic E-state index is 0.329. The molecule has 0 bridgehead atoms. The molecular weight excluding hydrogens is 276 g/mol. The second-order valence-electron chi connectivity index (χ2n) is 5.75. The zero-order chi connectivity index (χ0) is 15.9. The molecule has 1 rings (SSSR count). The predicted molar refractivity (Wildman–Crippen MR) is 90.3 cm³/mol. The van der Waals surface area contributed by atoms with Crippen molar-refractivity contribution < 1.29 is 14.6 Å². The molecule has 0 saturated heterocycles. The van der Waals surface area contributed by atoms with Crippen molar-refractivity contribution in [3.63, 3.8) is 0 Å². The number of carbonyl (C=O) groups is 1. The Bertz CT molecular complexity index is 373. The summed E-state index contributed by atoms with van der Waals surface area (Å²) in [7, 11) is 0. The van der Waals surface area contributed by atoms with E-state index >= 15 is 0 Å². The van der Waals surface area contributed by atoms with Crippen molar-refractivity contribution in [1.29, 1.82) is 0 Å². The summed E-state index contributed by atoms with van der Waals surface area (Å²) in [6, 6.07) is 8.04. The van der Waals surface area contributed by atoms with E-state index < -0.39 is 0 Å². The molecular formula is C19H30O3. The van der Waals surface area contributed by atoms with Gasteiger partial charge in [0.15, 0.2) is 0 Å². The van der Waals surface area contributed by atoms with Crippen molar-refractivity contribution in [2.45, 2.75) is 64.2 Å². The van der Waals surface area contributed by atoms with Crippen LogP contribution < -0.4 is 4.74 Å². The topological polar surface area (TPSA) is 46.5 Å². The Morgan fingerprint density at radius 2 is 1.45 bits per heavy atom. The van der Waals surface area contributed by atoms with Crippen molar-refractivity contribution >= 4 is 6.29 Å². The third kappa shape index (κ3) is 9.56. The fourth-order valence-corrected chi connectivity index (χ4v) is 2.44. The van der Waals surface area contributed by atoms with Gasteiger partial charge in [-0.2, -0.15) is 0 Å².